The standard InChI is InChI=1S/C45H58O8/c1-25-6-9-30-27(20-25)7-10-31-33-12-13-37(43(33,4)22-26(2)40(30)31)53-39(50)15-14-38(49)52-24-36(48)45(51)19-17-34-32-11-8-28-21-29(46)16-18-42(28,3)41(32)35(47)23-44(34,45)5/h16,18,20-21,26,30-34,37,40-41,51H,1,6-15,17,19,22-24H2,2-5H3/t26-,30?,31?,32?,33?,34?,37-,40?,41?,42-,43-,44-,45-/m0/s1. The van der Waals surface area contributed by atoms with Crippen molar-refractivity contribution >= 4 is 29.3 Å². The highest BCUT2D eigenvalue weighted by Gasteiger charge is 2.68. The van der Waals surface area contributed by atoms with Gasteiger partial charge in [0.2, 0.25) is 5.78 Å². The average molecular weight is 727 g/mol. The summed E-state index contributed by atoms with van der Waals surface area (Å²) in [6, 6.07) is 0. The number of fused-ring (bicyclic) bond motifs is 10. The van der Waals surface area contributed by atoms with Crippen molar-refractivity contribution in [1.82, 2.24) is 0 Å². The number of rotatable bonds is 7. The lowest BCUT2D eigenvalue weighted by Crippen LogP contribution is -2.60. The van der Waals surface area contributed by atoms with Crippen LogP contribution in [0.2, 0.25) is 0 Å². The molecule has 286 valence electrons. The van der Waals surface area contributed by atoms with Gasteiger partial charge >= 0.3 is 11.9 Å². The Kier molecular flexibility index (Phi) is 9.02. The normalized spacial score (nSPS) is 45.4. The molecule has 0 aliphatic heterocycles. The molecular weight excluding hydrogens is 668 g/mol. The smallest absolute Gasteiger partial charge is 0.306 e. The lowest BCUT2D eigenvalue weighted by molar-refractivity contribution is -0.173. The van der Waals surface area contributed by atoms with Gasteiger partial charge in [0.15, 0.2) is 12.4 Å². The van der Waals surface area contributed by atoms with Gasteiger partial charge in [-0.2, -0.15) is 0 Å². The number of carbonyl (C=O) groups is 5. The van der Waals surface area contributed by atoms with E-state index in [0.29, 0.717) is 42.4 Å². The number of aliphatic hydroxyl groups is 1. The molecular formula is C45H58O8. The molecule has 0 aromatic rings. The largest absolute Gasteiger partial charge is 0.462 e. The summed E-state index contributed by atoms with van der Waals surface area (Å²) in [5.41, 5.74) is 0.492. The predicted octanol–water partition coefficient (Wildman–Crippen LogP) is 7.38. The van der Waals surface area contributed by atoms with E-state index in [1.165, 1.54) is 18.4 Å². The zero-order chi connectivity index (χ0) is 37.7. The van der Waals surface area contributed by atoms with Crippen molar-refractivity contribution in [2.24, 2.45) is 63.6 Å². The number of hydrogen-bond donors (Lipinski definition) is 1. The van der Waals surface area contributed by atoms with Gasteiger partial charge < -0.3 is 14.6 Å². The van der Waals surface area contributed by atoms with Crippen molar-refractivity contribution in [3.63, 3.8) is 0 Å². The van der Waals surface area contributed by atoms with Crippen LogP contribution in [0.5, 0.6) is 0 Å². The Morgan fingerprint density at radius 2 is 1.66 bits per heavy atom. The summed E-state index contributed by atoms with van der Waals surface area (Å²) in [6.45, 7) is 12.2. The van der Waals surface area contributed by atoms with Crippen LogP contribution in [0.3, 0.4) is 0 Å². The summed E-state index contributed by atoms with van der Waals surface area (Å²) in [5.74, 6) is 0.976. The molecule has 0 aromatic carbocycles. The minimum absolute atomic E-state index is 0.00953. The number of Topliss-reactive ketones (excluding diaryl/α,β-unsaturated/α-hetero) is 2. The number of hydrogen-bond acceptors (Lipinski definition) is 8. The Hall–Kier alpha value is -3.13. The molecule has 13 atom stereocenters. The Labute approximate surface area is 314 Å². The van der Waals surface area contributed by atoms with Crippen LogP contribution in [0.1, 0.15) is 118 Å². The third-order valence-corrected chi connectivity index (χ3v) is 16.7. The Morgan fingerprint density at radius 1 is 0.906 bits per heavy atom. The molecule has 0 aromatic heterocycles. The molecule has 6 fully saturated rings. The summed E-state index contributed by atoms with van der Waals surface area (Å²) in [5, 5.41) is 12.0. The topological polar surface area (TPSA) is 124 Å². The molecule has 8 nitrogen and oxygen atoms in total. The van der Waals surface area contributed by atoms with Gasteiger partial charge in [0.05, 0.1) is 12.8 Å². The number of ketones is 3. The summed E-state index contributed by atoms with van der Waals surface area (Å²) < 4.78 is 11.5. The number of allylic oxidation sites excluding steroid dienone is 7. The van der Waals surface area contributed by atoms with Crippen molar-refractivity contribution in [1.29, 1.82) is 0 Å². The van der Waals surface area contributed by atoms with Crippen LogP contribution in [-0.2, 0) is 33.4 Å². The molecule has 0 saturated heterocycles. The van der Waals surface area contributed by atoms with Gasteiger partial charge in [0, 0.05) is 28.6 Å². The Bertz CT molecular complexity index is 1730. The maximum atomic E-state index is 13.9. The molecule has 0 amide bonds. The molecule has 8 rings (SSSR count). The first-order valence-electron chi connectivity index (χ1n) is 20.5. The van der Waals surface area contributed by atoms with E-state index in [9.17, 15) is 29.1 Å². The SMILES string of the molecule is C=C1C=C2CCC3C(C2CC1)[C@@H](C)C[C@@]1(C)C3CC[C@@H]1OC(=O)CCC(=O)OCC(=O)[C@@]1(O)CCC2C3CCC4=CC(=O)C=C[C@]4(C)C3C(=O)C[C@@]21C. The second-order valence-electron chi connectivity index (χ2n) is 19.2. The zero-order valence-corrected chi connectivity index (χ0v) is 32.1. The van der Waals surface area contributed by atoms with Crippen LogP contribution in [0, 0.1) is 63.6 Å². The summed E-state index contributed by atoms with van der Waals surface area (Å²) in [6.07, 6.45) is 16.9. The van der Waals surface area contributed by atoms with Crippen molar-refractivity contribution in [3.8, 4) is 0 Å². The number of esters is 2. The van der Waals surface area contributed by atoms with Gasteiger partial charge in [0.25, 0.3) is 0 Å². The molecule has 8 aliphatic carbocycles. The minimum atomic E-state index is -1.79. The first kappa shape index (κ1) is 36.8. The van der Waals surface area contributed by atoms with Crippen molar-refractivity contribution < 1.29 is 38.6 Å². The highest BCUT2D eigenvalue weighted by atomic mass is 16.5. The fraction of sp³-hybridized carbons (Fsp3) is 0.711. The highest BCUT2D eigenvalue weighted by molar-refractivity contribution is 6.02. The Balaban J connectivity index is 0.845. The van der Waals surface area contributed by atoms with E-state index in [2.05, 4.69) is 26.5 Å². The van der Waals surface area contributed by atoms with Gasteiger partial charge in [-0.05, 0) is 124 Å². The lowest BCUT2D eigenvalue weighted by Gasteiger charge is -2.56. The van der Waals surface area contributed by atoms with E-state index < -0.39 is 40.8 Å². The average Bonchev–Trinajstić information content (AvgIpc) is 3.57. The van der Waals surface area contributed by atoms with Crippen LogP contribution in [0.25, 0.3) is 0 Å². The van der Waals surface area contributed by atoms with Crippen LogP contribution < -0.4 is 0 Å². The first-order valence-corrected chi connectivity index (χ1v) is 20.5. The van der Waals surface area contributed by atoms with Gasteiger partial charge in [-0.1, -0.05) is 63.1 Å². The molecule has 0 radical (unpaired) electrons. The van der Waals surface area contributed by atoms with Crippen LogP contribution >= 0.6 is 0 Å². The van der Waals surface area contributed by atoms with Crippen molar-refractivity contribution in [2.75, 3.05) is 6.61 Å². The molecule has 7 unspecified atom stereocenters. The fourth-order valence-electron chi connectivity index (χ4n) is 14.3. The second kappa shape index (κ2) is 13.0. The fourth-order valence-corrected chi connectivity index (χ4v) is 14.3. The zero-order valence-electron chi connectivity index (χ0n) is 32.1. The number of carbonyl (C=O) groups excluding carboxylic acids is 5. The summed E-state index contributed by atoms with van der Waals surface area (Å²) >= 11 is 0. The molecule has 8 heteroatoms. The van der Waals surface area contributed by atoms with Crippen LogP contribution in [-0.4, -0.2) is 52.7 Å². The number of ether oxygens (including phenoxy) is 2. The highest BCUT2D eigenvalue weighted by Crippen LogP contribution is 2.67. The van der Waals surface area contributed by atoms with E-state index in [1.54, 1.807) is 17.7 Å². The summed E-state index contributed by atoms with van der Waals surface area (Å²) in [4.78, 5) is 65.7. The quantitative estimate of drug-likeness (QED) is 0.270. The molecule has 0 bridgehead atoms. The second-order valence-corrected chi connectivity index (χ2v) is 19.2. The van der Waals surface area contributed by atoms with E-state index in [1.807, 2.05) is 19.9 Å². The van der Waals surface area contributed by atoms with E-state index >= 15 is 0 Å². The maximum absolute atomic E-state index is 13.9. The van der Waals surface area contributed by atoms with Crippen LogP contribution in [0.4, 0.5) is 0 Å². The van der Waals surface area contributed by atoms with E-state index in [4.69, 9.17) is 9.47 Å². The molecule has 53 heavy (non-hydrogen) atoms. The molecule has 1 N–H and O–H groups in total. The third kappa shape index (κ3) is 5.65. The molecule has 8 aliphatic rings. The van der Waals surface area contributed by atoms with Gasteiger partial charge in [0.1, 0.15) is 17.5 Å². The maximum Gasteiger partial charge on any atom is 0.306 e. The van der Waals surface area contributed by atoms with Gasteiger partial charge in [-0.25, -0.2) is 0 Å². The molecule has 6 saturated carbocycles. The summed E-state index contributed by atoms with van der Waals surface area (Å²) in [7, 11) is 0. The van der Waals surface area contributed by atoms with Crippen molar-refractivity contribution in [2.45, 2.75) is 129 Å². The minimum Gasteiger partial charge on any atom is -0.462 e. The third-order valence-electron chi connectivity index (χ3n) is 16.7. The van der Waals surface area contributed by atoms with E-state index in [0.717, 1.165) is 44.1 Å². The molecule has 0 heterocycles. The van der Waals surface area contributed by atoms with Crippen molar-refractivity contribution in [3.05, 3.63) is 47.6 Å². The molecule has 0 spiro atoms. The van der Waals surface area contributed by atoms with Gasteiger partial charge in [-0.15, -0.1) is 0 Å². The monoisotopic (exact) mass is 726 g/mol. The van der Waals surface area contributed by atoms with Crippen LogP contribution in [0.15, 0.2) is 47.6 Å². The first-order chi connectivity index (χ1) is 25.1. The van der Waals surface area contributed by atoms with Gasteiger partial charge in [-0.3, -0.25) is 24.0 Å². The van der Waals surface area contributed by atoms with E-state index in [-0.39, 0.29) is 66.5 Å². The lowest BCUT2D eigenvalue weighted by atomic mass is 9.46. The Morgan fingerprint density at radius 3 is 2.45 bits per heavy atom. The predicted molar refractivity (Wildman–Crippen MR) is 198 cm³/mol.